The van der Waals surface area contributed by atoms with Crippen LogP contribution in [0, 0.1) is 0 Å². The Balaban J connectivity index is 1.64. The van der Waals surface area contributed by atoms with Gasteiger partial charge < -0.3 is 13.7 Å². The van der Waals surface area contributed by atoms with Gasteiger partial charge in [-0.25, -0.2) is 4.79 Å². The maximum Gasteiger partial charge on any atom is 0.374 e. The zero-order valence-corrected chi connectivity index (χ0v) is 15.6. The quantitative estimate of drug-likeness (QED) is 0.494. The monoisotopic (exact) mass is 371 g/mol. The second-order valence-corrected chi connectivity index (χ2v) is 7.22. The van der Waals surface area contributed by atoms with Crippen molar-refractivity contribution >= 4 is 28.7 Å². The molecule has 6 nitrogen and oxygen atoms in total. The van der Waals surface area contributed by atoms with Crippen LogP contribution in [0.3, 0.4) is 0 Å². The molecule has 0 saturated carbocycles. The van der Waals surface area contributed by atoms with Crippen molar-refractivity contribution in [2.24, 2.45) is 0 Å². The first kappa shape index (κ1) is 17.1. The van der Waals surface area contributed by atoms with Crippen molar-refractivity contribution in [3.8, 4) is 0 Å². The maximum absolute atomic E-state index is 12.3. The molecule has 0 spiro atoms. The van der Waals surface area contributed by atoms with E-state index in [0.717, 1.165) is 41.3 Å². The molecule has 0 bridgehead atoms. The van der Waals surface area contributed by atoms with Crippen LogP contribution in [0.15, 0.2) is 33.8 Å². The van der Waals surface area contributed by atoms with Crippen LogP contribution in [-0.4, -0.2) is 27.3 Å². The molecular formula is C19H21N3O3S. The van der Waals surface area contributed by atoms with E-state index in [9.17, 15) is 4.79 Å². The Morgan fingerprint density at radius 2 is 2.15 bits per heavy atom. The molecule has 0 unspecified atom stereocenters. The number of rotatable bonds is 5. The standard InChI is InChI=1S/C19H21N3O3S/c1-2-24-18(23)17-14(13-8-5-6-9-15(13)25-17)12-26-19-21-20-16-10-4-3-7-11-22(16)19/h5-6,8-9H,2-4,7,10-12H2,1H3. The predicted octanol–water partition coefficient (Wildman–Crippen LogP) is 4.22. The first-order valence-electron chi connectivity index (χ1n) is 9.00. The van der Waals surface area contributed by atoms with Crippen LogP contribution in [0.25, 0.3) is 11.0 Å². The summed E-state index contributed by atoms with van der Waals surface area (Å²) in [6.07, 6.45) is 4.53. The first-order chi connectivity index (χ1) is 12.8. The number of ether oxygens (including phenoxy) is 1. The summed E-state index contributed by atoms with van der Waals surface area (Å²) in [6, 6.07) is 7.69. The van der Waals surface area contributed by atoms with Crippen LogP contribution in [0.5, 0.6) is 0 Å². The molecule has 3 aromatic rings. The topological polar surface area (TPSA) is 70.2 Å². The third kappa shape index (κ3) is 3.23. The molecule has 26 heavy (non-hydrogen) atoms. The van der Waals surface area contributed by atoms with Gasteiger partial charge in [-0.05, 0) is 25.8 Å². The number of nitrogens with zero attached hydrogens (tertiary/aromatic N) is 3. The van der Waals surface area contributed by atoms with E-state index in [2.05, 4.69) is 14.8 Å². The molecular weight excluding hydrogens is 350 g/mol. The minimum atomic E-state index is -0.417. The van der Waals surface area contributed by atoms with E-state index in [0.29, 0.717) is 17.9 Å². The van der Waals surface area contributed by atoms with Crippen molar-refractivity contribution in [1.29, 1.82) is 0 Å². The Hall–Kier alpha value is -2.28. The lowest BCUT2D eigenvalue weighted by Gasteiger charge is -2.07. The SMILES string of the molecule is CCOC(=O)c1oc2ccccc2c1CSc1nnc2n1CCCCC2. The summed E-state index contributed by atoms with van der Waals surface area (Å²) in [4.78, 5) is 12.3. The van der Waals surface area contributed by atoms with Gasteiger partial charge in [-0.15, -0.1) is 10.2 Å². The number of aryl methyl sites for hydroxylation is 1. The summed E-state index contributed by atoms with van der Waals surface area (Å²) in [5.41, 5.74) is 1.56. The van der Waals surface area contributed by atoms with Gasteiger partial charge in [0.05, 0.1) is 6.61 Å². The Kier molecular flexibility index (Phi) is 4.97. The van der Waals surface area contributed by atoms with Crippen LogP contribution in [-0.2, 0) is 23.5 Å². The number of carbonyl (C=O) groups excluding carboxylic acids is 1. The average molecular weight is 371 g/mol. The number of furan rings is 1. The summed E-state index contributed by atoms with van der Waals surface area (Å²) in [7, 11) is 0. The van der Waals surface area contributed by atoms with E-state index in [1.165, 1.54) is 12.8 Å². The molecule has 1 aliphatic rings. The highest BCUT2D eigenvalue weighted by Gasteiger charge is 2.23. The van der Waals surface area contributed by atoms with Crippen LogP contribution < -0.4 is 0 Å². The molecule has 2 aromatic heterocycles. The second kappa shape index (κ2) is 7.53. The number of esters is 1. The number of thioether (sulfide) groups is 1. The molecule has 1 aromatic carbocycles. The molecule has 7 heteroatoms. The van der Waals surface area contributed by atoms with Gasteiger partial charge in [0.15, 0.2) is 5.16 Å². The lowest BCUT2D eigenvalue weighted by Crippen LogP contribution is -2.06. The van der Waals surface area contributed by atoms with Gasteiger partial charge >= 0.3 is 5.97 Å². The number of carbonyl (C=O) groups is 1. The zero-order valence-electron chi connectivity index (χ0n) is 14.7. The van der Waals surface area contributed by atoms with Gasteiger partial charge in [0.1, 0.15) is 11.4 Å². The number of aromatic nitrogens is 3. The predicted molar refractivity (Wildman–Crippen MR) is 99.3 cm³/mol. The molecule has 1 aliphatic heterocycles. The minimum absolute atomic E-state index is 0.288. The summed E-state index contributed by atoms with van der Waals surface area (Å²) in [5, 5.41) is 10.5. The van der Waals surface area contributed by atoms with Gasteiger partial charge in [0.2, 0.25) is 5.76 Å². The summed E-state index contributed by atoms with van der Waals surface area (Å²) in [6.45, 7) is 3.07. The molecule has 4 rings (SSSR count). The molecule has 0 saturated heterocycles. The van der Waals surface area contributed by atoms with E-state index in [4.69, 9.17) is 9.15 Å². The lowest BCUT2D eigenvalue weighted by molar-refractivity contribution is 0.0491. The van der Waals surface area contributed by atoms with Crippen LogP contribution >= 0.6 is 11.8 Å². The number of para-hydroxylation sites is 1. The molecule has 0 amide bonds. The van der Waals surface area contributed by atoms with E-state index in [1.807, 2.05) is 24.3 Å². The van der Waals surface area contributed by atoms with Crippen molar-refractivity contribution in [2.75, 3.05) is 6.61 Å². The van der Waals surface area contributed by atoms with Crippen molar-refractivity contribution in [3.63, 3.8) is 0 Å². The Morgan fingerprint density at radius 1 is 1.27 bits per heavy atom. The van der Waals surface area contributed by atoms with Crippen molar-refractivity contribution in [1.82, 2.24) is 14.8 Å². The van der Waals surface area contributed by atoms with Gasteiger partial charge in [0.25, 0.3) is 0 Å². The molecule has 0 atom stereocenters. The van der Waals surface area contributed by atoms with E-state index < -0.39 is 5.97 Å². The van der Waals surface area contributed by atoms with Crippen LogP contribution in [0.4, 0.5) is 0 Å². The summed E-state index contributed by atoms with van der Waals surface area (Å²) < 4.78 is 13.2. The third-order valence-corrected chi connectivity index (χ3v) is 5.57. The number of hydrogen-bond donors (Lipinski definition) is 0. The third-order valence-electron chi connectivity index (χ3n) is 4.58. The number of benzene rings is 1. The minimum Gasteiger partial charge on any atom is -0.460 e. The molecule has 0 radical (unpaired) electrons. The smallest absolute Gasteiger partial charge is 0.374 e. The first-order valence-corrected chi connectivity index (χ1v) is 9.99. The van der Waals surface area contributed by atoms with E-state index in [-0.39, 0.29) is 5.76 Å². The fourth-order valence-corrected chi connectivity index (χ4v) is 4.32. The van der Waals surface area contributed by atoms with Gasteiger partial charge in [-0.3, -0.25) is 0 Å². The average Bonchev–Trinajstić information content (AvgIpc) is 3.13. The lowest BCUT2D eigenvalue weighted by atomic mass is 10.1. The van der Waals surface area contributed by atoms with Gasteiger partial charge in [-0.1, -0.05) is 36.4 Å². The highest BCUT2D eigenvalue weighted by molar-refractivity contribution is 7.98. The number of hydrogen-bond acceptors (Lipinski definition) is 6. The summed E-state index contributed by atoms with van der Waals surface area (Å²) in [5.74, 6) is 1.52. The fourth-order valence-electron chi connectivity index (χ4n) is 3.31. The van der Waals surface area contributed by atoms with Crippen LogP contribution in [0.1, 0.15) is 48.1 Å². The maximum atomic E-state index is 12.3. The molecule has 3 heterocycles. The van der Waals surface area contributed by atoms with E-state index >= 15 is 0 Å². The Bertz CT molecular complexity index is 931. The van der Waals surface area contributed by atoms with Crippen molar-refractivity contribution < 1.29 is 13.9 Å². The number of fused-ring (bicyclic) bond motifs is 2. The molecule has 0 fully saturated rings. The normalized spacial score (nSPS) is 14.2. The van der Waals surface area contributed by atoms with Crippen molar-refractivity contribution in [3.05, 3.63) is 41.4 Å². The van der Waals surface area contributed by atoms with Crippen LogP contribution in [0.2, 0.25) is 0 Å². The molecule has 136 valence electrons. The summed E-state index contributed by atoms with van der Waals surface area (Å²) >= 11 is 1.59. The zero-order chi connectivity index (χ0) is 17.9. The fraction of sp³-hybridized carbons (Fsp3) is 0.421. The molecule has 0 N–H and O–H groups in total. The Morgan fingerprint density at radius 3 is 3.04 bits per heavy atom. The second-order valence-electron chi connectivity index (χ2n) is 6.28. The van der Waals surface area contributed by atoms with E-state index in [1.54, 1.807) is 18.7 Å². The molecule has 0 aliphatic carbocycles. The van der Waals surface area contributed by atoms with Crippen molar-refractivity contribution in [2.45, 2.75) is 50.1 Å². The van der Waals surface area contributed by atoms with Gasteiger partial charge in [-0.2, -0.15) is 0 Å². The highest BCUT2D eigenvalue weighted by Crippen LogP contribution is 2.32. The van der Waals surface area contributed by atoms with Gasteiger partial charge in [0, 0.05) is 29.7 Å². The Labute approximate surface area is 155 Å². The highest BCUT2D eigenvalue weighted by atomic mass is 32.2. The largest absolute Gasteiger partial charge is 0.460 e.